The Morgan fingerprint density at radius 3 is 2.69 bits per heavy atom. The molecule has 0 aliphatic rings. The molecule has 1 aromatic heterocycles. The van der Waals surface area contributed by atoms with Crippen LogP contribution in [-0.2, 0) is 23.1 Å². The second kappa shape index (κ2) is 8.34. The molecule has 0 bridgehead atoms. The molecule has 2 aromatic carbocycles. The fourth-order valence-electron chi connectivity index (χ4n) is 2.47. The maximum absolute atomic E-state index is 12.4. The summed E-state index contributed by atoms with van der Waals surface area (Å²) in [6.07, 6.45) is 0. The van der Waals surface area contributed by atoms with E-state index in [0.29, 0.717) is 22.2 Å². The van der Waals surface area contributed by atoms with Crippen LogP contribution in [0.1, 0.15) is 27.4 Å². The van der Waals surface area contributed by atoms with Crippen molar-refractivity contribution in [1.82, 2.24) is 5.32 Å². The first kappa shape index (κ1) is 18.4. The molecular formula is C20H18ClNO3S. The van der Waals surface area contributed by atoms with Gasteiger partial charge in [-0.25, -0.2) is 0 Å². The summed E-state index contributed by atoms with van der Waals surface area (Å²) in [4.78, 5) is 12.9. The number of aryl methyl sites for hydroxylation is 1. The molecular weight excluding hydrogens is 370 g/mol. The van der Waals surface area contributed by atoms with Crippen LogP contribution in [0.25, 0.3) is 0 Å². The van der Waals surface area contributed by atoms with Gasteiger partial charge in [0.15, 0.2) is 5.76 Å². The van der Waals surface area contributed by atoms with E-state index < -0.39 is 10.8 Å². The molecule has 0 radical (unpaired) electrons. The largest absolute Gasteiger partial charge is 0.455 e. The Balaban J connectivity index is 1.61. The van der Waals surface area contributed by atoms with E-state index in [0.717, 1.165) is 11.1 Å². The Labute approximate surface area is 159 Å². The molecule has 0 saturated heterocycles. The molecule has 1 N–H and O–H groups in total. The molecule has 26 heavy (non-hydrogen) atoms. The SMILES string of the molecule is Cc1ccccc1CNC(=O)c1ccc(C[S@](=O)c2cccc(Cl)c2)o1. The highest BCUT2D eigenvalue weighted by Crippen LogP contribution is 2.18. The third-order valence-electron chi connectivity index (χ3n) is 3.92. The number of furan rings is 1. The molecule has 1 amide bonds. The number of hydrogen-bond donors (Lipinski definition) is 1. The van der Waals surface area contributed by atoms with Gasteiger partial charge in [-0.1, -0.05) is 41.9 Å². The zero-order chi connectivity index (χ0) is 18.5. The minimum Gasteiger partial charge on any atom is -0.455 e. The van der Waals surface area contributed by atoms with Crippen molar-refractivity contribution in [3.8, 4) is 0 Å². The summed E-state index contributed by atoms with van der Waals surface area (Å²) in [5.74, 6) is 0.583. The van der Waals surface area contributed by atoms with Gasteiger partial charge in [-0.2, -0.15) is 0 Å². The van der Waals surface area contributed by atoms with E-state index in [1.54, 1.807) is 36.4 Å². The maximum Gasteiger partial charge on any atom is 0.287 e. The second-order valence-electron chi connectivity index (χ2n) is 5.82. The Morgan fingerprint density at radius 1 is 1.12 bits per heavy atom. The first-order valence-electron chi connectivity index (χ1n) is 8.08. The highest BCUT2D eigenvalue weighted by Gasteiger charge is 2.14. The summed E-state index contributed by atoms with van der Waals surface area (Å²) < 4.78 is 17.9. The van der Waals surface area contributed by atoms with Crippen molar-refractivity contribution >= 4 is 28.3 Å². The van der Waals surface area contributed by atoms with E-state index >= 15 is 0 Å². The summed E-state index contributed by atoms with van der Waals surface area (Å²) in [6, 6.07) is 18.0. The topological polar surface area (TPSA) is 59.3 Å². The zero-order valence-corrected chi connectivity index (χ0v) is 15.8. The van der Waals surface area contributed by atoms with Crippen LogP contribution in [0.15, 0.2) is 70.0 Å². The maximum atomic E-state index is 12.4. The van der Waals surface area contributed by atoms with E-state index in [9.17, 15) is 9.00 Å². The van der Waals surface area contributed by atoms with E-state index in [4.69, 9.17) is 16.0 Å². The number of hydrogen-bond acceptors (Lipinski definition) is 3. The Kier molecular flexibility index (Phi) is 5.91. The van der Waals surface area contributed by atoms with Crippen LogP contribution in [0.4, 0.5) is 0 Å². The molecule has 4 nitrogen and oxygen atoms in total. The third kappa shape index (κ3) is 4.62. The number of benzene rings is 2. The predicted molar refractivity (Wildman–Crippen MR) is 103 cm³/mol. The van der Waals surface area contributed by atoms with Crippen molar-refractivity contribution in [3.63, 3.8) is 0 Å². The van der Waals surface area contributed by atoms with Crippen molar-refractivity contribution in [2.24, 2.45) is 0 Å². The highest BCUT2D eigenvalue weighted by atomic mass is 35.5. The molecule has 0 aliphatic heterocycles. The fourth-order valence-corrected chi connectivity index (χ4v) is 3.79. The van der Waals surface area contributed by atoms with Crippen LogP contribution in [0.2, 0.25) is 5.02 Å². The lowest BCUT2D eigenvalue weighted by Crippen LogP contribution is -2.22. The molecule has 0 aliphatic carbocycles. The molecule has 3 aromatic rings. The van der Waals surface area contributed by atoms with Crippen LogP contribution >= 0.6 is 11.6 Å². The van der Waals surface area contributed by atoms with Gasteiger partial charge >= 0.3 is 0 Å². The Morgan fingerprint density at radius 2 is 1.92 bits per heavy atom. The molecule has 6 heteroatoms. The van der Waals surface area contributed by atoms with Crippen LogP contribution in [-0.4, -0.2) is 10.1 Å². The van der Waals surface area contributed by atoms with Crippen molar-refractivity contribution in [3.05, 3.63) is 88.3 Å². The second-order valence-corrected chi connectivity index (χ2v) is 7.71. The molecule has 0 saturated carbocycles. The number of carbonyl (C=O) groups excluding carboxylic acids is 1. The highest BCUT2D eigenvalue weighted by molar-refractivity contribution is 7.84. The smallest absolute Gasteiger partial charge is 0.287 e. The number of amides is 1. The van der Waals surface area contributed by atoms with Crippen LogP contribution < -0.4 is 5.32 Å². The lowest BCUT2D eigenvalue weighted by molar-refractivity contribution is 0.0921. The van der Waals surface area contributed by atoms with Crippen LogP contribution in [0.5, 0.6) is 0 Å². The summed E-state index contributed by atoms with van der Waals surface area (Å²) in [6.45, 7) is 2.42. The molecule has 1 atom stereocenters. The van der Waals surface area contributed by atoms with Gasteiger partial charge in [0.05, 0.1) is 16.6 Å². The van der Waals surface area contributed by atoms with Gasteiger partial charge in [0.25, 0.3) is 5.91 Å². The molecule has 0 unspecified atom stereocenters. The molecule has 3 rings (SSSR count). The standard InChI is InChI=1S/C20H18ClNO3S/c1-14-5-2-3-6-15(14)12-22-20(23)19-10-9-17(25-19)13-26(24)18-8-4-7-16(21)11-18/h2-11H,12-13H2,1H3,(H,22,23)/t26-/m0/s1. The predicted octanol–water partition coefficient (Wildman–Crippen LogP) is 4.48. The zero-order valence-electron chi connectivity index (χ0n) is 14.2. The van der Waals surface area contributed by atoms with Gasteiger partial charge in [-0.15, -0.1) is 0 Å². The van der Waals surface area contributed by atoms with Gasteiger partial charge in [-0.3, -0.25) is 9.00 Å². The summed E-state index contributed by atoms with van der Waals surface area (Å²) in [5, 5.41) is 3.37. The molecule has 0 spiro atoms. The average Bonchev–Trinajstić information content (AvgIpc) is 3.09. The summed E-state index contributed by atoms with van der Waals surface area (Å²) in [5.41, 5.74) is 2.17. The molecule has 134 valence electrons. The number of halogens is 1. The fraction of sp³-hybridized carbons (Fsp3) is 0.150. The first-order chi connectivity index (χ1) is 12.5. The first-order valence-corrected chi connectivity index (χ1v) is 9.78. The minimum atomic E-state index is -1.29. The van der Waals surface area contributed by atoms with Crippen molar-refractivity contribution in [2.45, 2.75) is 24.1 Å². The van der Waals surface area contributed by atoms with Crippen molar-refractivity contribution < 1.29 is 13.4 Å². The lowest BCUT2D eigenvalue weighted by atomic mass is 10.1. The van der Waals surface area contributed by atoms with E-state index in [1.807, 2.05) is 31.2 Å². The normalized spacial score (nSPS) is 11.9. The van der Waals surface area contributed by atoms with Gasteiger partial charge in [0.2, 0.25) is 0 Å². The Bertz CT molecular complexity index is 951. The van der Waals surface area contributed by atoms with E-state index in [-0.39, 0.29) is 17.4 Å². The molecule has 1 heterocycles. The Hall–Kier alpha value is -2.37. The van der Waals surface area contributed by atoms with Gasteiger partial charge in [-0.05, 0) is 48.4 Å². The number of nitrogens with one attached hydrogen (secondary N) is 1. The van der Waals surface area contributed by atoms with Crippen LogP contribution in [0.3, 0.4) is 0 Å². The average molecular weight is 388 g/mol. The lowest BCUT2D eigenvalue weighted by Gasteiger charge is -2.06. The molecule has 0 fully saturated rings. The van der Waals surface area contributed by atoms with Gasteiger partial charge in [0.1, 0.15) is 5.76 Å². The van der Waals surface area contributed by atoms with Crippen molar-refractivity contribution in [1.29, 1.82) is 0 Å². The van der Waals surface area contributed by atoms with Crippen molar-refractivity contribution in [2.75, 3.05) is 0 Å². The van der Waals surface area contributed by atoms with E-state index in [2.05, 4.69) is 5.32 Å². The van der Waals surface area contributed by atoms with Crippen LogP contribution in [0, 0.1) is 6.92 Å². The quantitative estimate of drug-likeness (QED) is 0.678. The van der Waals surface area contributed by atoms with Gasteiger partial charge in [0, 0.05) is 16.5 Å². The summed E-state index contributed by atoms with van der Waals surface area (Å²) >= 11 is 5.92. The van der Waals surface area contributed by atoms with Gasteiger partial charge < -0.3 is 9.73 Å². The minimum absolute atomic E-state index is 0.186. The summed E-state index contributed by atoms with van der Waals surface area (Å²) in [7, 11) is -1.29. The van der Waals surface area contributed by atoms with E-state index in [1.165, 1.54) is 0 Å². The third-order valence-corrected chi connectivity index (χ3v) is 5.48. The number of carbonyl (C=O) groups is 1. The monoisotopic (exact) mass is 387 g/mol. The number of rotatable bonds is 6.